The summed E-state index contributed by atoms with van der Waals surface area (Å²) in [5.74, 6) is 1.72. The summed E-state index contributed by atoms with van der Waals surface area (Å²) in [6.07, 6.45) is 10.7. The van der Waals surface area contributed by atoms with Crippen molar-refractivity contribution in [2.24, 2.45) is 5.73 Å². The molecule has 1 aromatic carbocycles. The maximum absolute atomic E-state index is 13.9. The number of aromatic nitrogens is 3. The number of carbonyl (C=O) groups excluding carboxylic acids is 1. The van der Waals surface area contributed by atoms with Gasteiger partial charge >= 0.3 is 0 Å². The van der Waals surface area contributed by atoms with Crippen LogP contribution in [0.5, 0.6) is 5.75 Å². The van der Waals surface area contributed by atoms with Gasteiger partial charge in [0.15, 0.2) is 5.65 Å². The van der Waals surface area contributed by atoms with Gasteiger partial charge in [0.2, 0.25) is 0 Å². The number of ether oxygens (including phenoxy) is 1. The number of aryl methyl sites for hydroxylation is 1. The first-order chi connectivity index (χ1) is 18.6. The summed E-state index contributed by atoms with van der Waals surface area (Å²) >= 11 is 0. The maximum Gasteiger partial charge on any atom is 0.258 e. The van der Waals surface area contributed by atoms with Gasteiger partial charge in [0.05, 0.1) is 23.4 Å². The number of nitrogens with two attached hydrogens (primary N) is 1. The molecular weight excluding hydrogens is 476 g/mol. The summed E-state index contributed by atoms with van der Waals surface area (Å²) in [5, 5.41) is 4.90. The number of carbonyl (C=O) groups is 1. The van der Waals surface area contributed by atoms with Gasteiger partial charge in [0.1, 0.15) is 11.6 Å². The van der Waals surface area contributed by atoms with Crippen molar-refractivity contribution >= 4 is 17.4 Å². The van der Waals surface area contributed by atoms with Crippen LogP contribution in [0.15, 0.2) is 36.5 Å². The molecule has 8 nitrogen and oxygen atoms in total. The van der Waals surface area contributed by atoms with Crippen LogP contribution in [0, 0.1) is 6.92 Å². The molecule has 1 aliphatic carbocycles. The van der Waals surface area contributed by atoms with E-state index < -0.39 is 0 Å². The molecule has 1 amide bonds. The molecule has 6 rings (SSSR count). The topological polar surface area (TPSA) is 89.0 Å². The molecule has 0 radical (unpaired) electrons. The Hall–Kier alpha value is -3.13. The minimum atomic E-state index is -0.0727. The van der Waals surface area contributed by atoms with Crippen molar-refractivity contribution in [3.63, 3.8) is 0 Å². The van der Waals surface area contributed by atoms with E-state index in [1.807, 2.05) is 53.7 Å². The number of amides is 1. The van der Waals surface area contributed by atoms with Gasteiger partial charge in [-0.05, 0) is 70.4 Å². The minimum Gasteiger partial charge on any atom is -0.490 e. The number of nitrogens with zero attached hydrogens (tertiary/aromatic N) is 5. The van der Waals surface area contributed by atoms with Gasteiger partial charge in [0.25, 0.3) is 5.91 Å². The zero-order valence-corrected chi connectivity index (χ0v) is 23.1. The second-order valence-corrected chi connectivity index (χ2v) is 10.6. The molecule has 0 spiro atoms. The molecule has 2 saturated heterocycles. The Morgan fingerprint density at radius 1 is 1.03 bits per heavy atom. The second kappa shape index (κ2) is 11.7. The molecule has 204 valence electrons. The number of likely N-dealkylation sites (tertiary alicyclic amines) is 1. The fraction of sp³-hybridized carbons (Fsp3) is 0.567. The van der Waals surface area contributed by atoms with Crippen molar-refractivity contribution in [2.75, 3.05) is 24.5 Å². The van der Waals surface area contributed by atoms with E-state index >= 15 is 0 Å². The van der Waals surface area contributed by atoms with Crippen molar-refractivity contribution < 1.29 is 9.53 Å². The molecule has 3 aliphatic rings. The van der Waals surface area contributed by atoms with Crippen LogP contribution in [0.4, 0.5) is 5.82 Å². The fourth-order valence-electron chi connectivity index (χ4n) is 6.05. The van der Waals surface area contributed by atoms with E-state index in [4.69, 9.17) is 20.6 Å². The molecule has 2 atom stereocenters. The Balaban J connectivity index is 0.00000144. The smallest absolute Gasteiger partial charge is 0.258 e. The Kier molecular flexibility index (Phi) is 8.17. The second-order valence-electron chi connectivity index (χ2n) is 10.6. The van der Waals surface area contributed by atoms with Crippen LogP contribution in [0.2, 0.25) is 0 Å². The number of para-hydroxylation sites is 1. The van der Waals surface area contributed by atoms with Crippen LogP contribution in [-0.2, 0) is 0 Å². The van der Waals surface area contributed by atoms with Gasteiger partial charge in [-0.1, -0.05) is 26.0 Å². The van der Waals surface area contributed by atoms with Crippen molar-refractivity contribution in [3.05, 3.63) is 53.3 Å². The zero-order chi connectivity index (χ0) is 26.6. The summed E-state index contributed by atoms with van der Waals surface area (Å²) in [6, 6.07) is 9.90. The average Bonchev–Trinajstić information content (AvgIpc) is 3.71. The monoisotopic (exact) mass is 518 g/mol. The lowest BCUT2D eigenvalue weighted by Crippen LogP contribution is -2.39. The van der Waals surface area contributed by atoms with E-state index in [-0.39, 0.29) is 24.1 Å². The quantitative estimate of drug-likeness (QED) is 0.494. The first-order valence-corrected chi connectivity index (χ1v) is 14.5. The van der Waals surface area contributed by atoms with Crippen LogP contribution >= 0.6 is 0 Å². The van der Waals surface area contributed by atoms with Crippen LogP contribution in [-0.4, -0.2) is 57.2 Å². The van der Waals surface area contributed by atoms with Crippen LogP contribution < -0.4 is 15.4 Å². The Morgan fingerprint density at radius 2 is 1.79 bits per heavy atom. The van der Waals surface area contributed by atoms with Crippen LogP contribution in [0.1, 0.15) is 92.9 Å². The first-order valence-electron chi connectivity index (χ1n) is 14.5. The predicted octanol–water partition coefficient (Wildman–Crippen LogP) is 5.29. The molecule has 2 N–H and O–H groups in total. The normalized spacial score (nSPS) is 22.0. The first kappa shape index (κ1) is 26.5. The fourth-order valence-corrected chi connectivity index (χ4v) is 6.05. The highest BCUT2D eigenvalue weighted by molar-refractivity contribution is 5.97. The Morgan fingerprint density at radius 3 is 2.55 bits per heavy atom. The third-order valence-electron chi connectivity index (χ3n) is 7.97. The van der Waals surface area contributed by atoms with Crippen molar-refractivity contribution in [1.82, 2.24) is 19.5 Å². The van der Waals surface area contributed by atoms with E-state index in [0.29, 0.717) is 11.3 Å². The average molecular weight is 519 g/mol. The van der Waals surface area contributed by atoms with Crippen molar-refractivity contribution in [2.45, 2.75) is 90.3 Å². The highest BCUT2D eigenvalue weighted by Crippen LogP contribution is 2.35. The highest BCUT2D eigenvalue weighted by Gasteiger charge is 2.33. The van der Waals surface area contributed by atoms with E-state index in [2.05, 4.69) is 17.9 Å². The molecule has 8 heteroatoms. The summed E-state index contributed by atoms with van der Waals surface area (Å²) in [6.45, 7) is 8.56. The highest BCUT2D eigenvalue weighted by atomic mass is 16.5. The lowest BCUT2D eigenvalue weighted by atomic mass is 9.98. The summed E-state index contributed by atoms with van der Waals surface area (Å²) in [7, 11) is 0. The summed E-state index contributed by atoms with van der Waals surface area (Å²) in [4.78, 5) is 23.1. The molecule has 1 saturated carbocycles. The van der Waals surface area contributed by atoms with Crippen molar-refractivity contribution in [3.8, 4) is 5.75 Å². The molecule has 38 heavy (non-hydrogen) atoms. The Labute approximate surface area is 226 Å². The van der Waals surface area contributed by atoms with Gasteiger partial charge < -0.3 is 20.3 Å². The van der Waals surface area contributed by atoms with Gasteiger partial charge in [-0.3, -0.25) is 4.79 Å². The third-order valence-corrected chi connectivity index (χ3v) is 7.97. The number of hydrogen-bond donors (Lipinski definition) is 1. The zero-order valence-electron chi connectivity index (χ0n) is 23.1. The van der Waals surface area contributed by atoms with E-state index in [1.54, 1.807) is 0 Å². The van der Waals surface area contributed by atoms with Crippen LogP contribution in [0.3, 0.4) is 0 Å². The van der Waals surface area contributed by atoms with E-state index in [0.717, 1.165) is 80.9 Å². The number of fused-ring (bicyclic) bond motifs is 1. The third kappa shape index (κ3) is 5.37. The summed E-state index contributed by atoms with van der Waals surface area (Å²) in [5.41, 5.74) is 9.60. The number of piperidine rings is 1. The molecule has 2 aromatic heterocycles. The molecule has 3 fully saturated rings. The SMILES string of the molecule is CC.Cc1cn2nc(C3CCCCN3C(=O)c3ccccc3OC3CCCC3)cc2nc1N1CCC(N)C1. The number of anilines is 1. The van der Waals surface area contributed by atoms with Gasteiger partial charge in [0, 0.05) is 43.5 Å². The van der Waals surface area contributed by atoms with Crippen molar-refractivity contribution in [1.29, 1.82) is 0 Å². The predicted molar refractivity (Wildman–Crippen MR) is 151 cm³/mol. The molecular formula is C30H42N6O2. The number of benzene rings is 1. The van der Waals surface area contributed by atoms with Gasteiger partial charge in [-0.25, -0.2) is 9.50 Å². The van der Waals surface area contributed by atoms with E-state index in [9.17, 15) is 4.79 Å². The lowest BCUT2D eigenvalue weighted by Gasteiger charge is -2.35. The minimum absolute atomic E-state index is 0.0289. The summed E-state index contributed by atoms with van der Waals surface area (Å²) < 4.78 is 8.16. The molecule has 2 aliphatic heterocycles. The Bertz CT molecular complexity index is 1250. The largest absolute Gasteiger partial charge is 0.490 e. The van der Waals surface area contributed by atoms with E-state index in [1.165, 1.54) is 12.8 Å². The number of rotatable bonds is 5. The van der Waals surface area contributed by atoms with Crippen LogP contribution in [0.25, 0.3) is 5.65 Å². The molecule has 2 unspecified atom stereocenters. The van der Waals surface area contributed by atoms with Gasteiger partial charge in [-0.15, -0.1) is 0 Å². The molecule has 4 heterocycles. The number of hydrogen-bond acceptors (Lipinski definition) is 6. The van der Waals surface area contributed by atoms with Gasteiger partial charge in [-0.2, -0.15) is 5.10 Å². The molecule has 3 aromatic rings. The standard InChI is InChI=1S/C28H36N6O2.C2H6/c1-19-17-34-26(30-27(19)32-15-13-20(29)18-32)16-23(31-34)24-11-6-7-14-33(24)28(35)22-10-4-5-12-25(22)36-21-8-2-3-9-21;1-2/h4-5,10,12,16-17,20-21,24H,2-3,6-9,11,13-15,18,29H2,1H3;1-2H3. The maximum atomic E-state index is 13.9. The lowest BCUT2D eigenvalue weighted by molar-refractivity contribution is 0.0598. The molecule has 0 bridgehead atoms.